The van der Waals surface area contributed by atoms with Gasteiger partial charge >= 0.3 is 0 Å². The molecule has 0 amide bonds. The second-order valence-electron chi connectivity index (χ2n) is 8.51. The van der Waals surface area contributed by atoms with Crippen LogP contribution in [0.3, 0.4) is 0 Å². The van der Waals surface area contributed by atoms with Crippen LogP contribution in [0, 0.1) is 5.92 Å². The van der Waals surface area contributed by atoms with Crippen molar-refractivity contribution in [3.8, 4) is 0 Å². The number of unbranched alkanes of at least 4 members (excludes halogenated alkanes) is 1. The van der Waals surface area contributed by atoms with Gasteiger partial charge in [0, 0.05) is 13.6 Å². The van der Waals surface area contributed by atoms with Crippen molar-refractivity contribution < 1.29 is 0 Å². The average Bonchev–Trinajstić information content (AvgIpc) is 2.52. The van der Waals surface area contributed by atoms with Crippen molar-refractivity contribution in [2.45, 2.75) is 82.6 Å². The van der Waals surface area contributed by atoms with E-state index >= 15 is 0 Å². The highest BCUT2D eigenvalue weighted by atomic mass is 28.3. The Morgan fingerprint density at radius 2 is 1.64 bits per heavy atom. The van der Waals surface area contributed by atoms with Crippen LogP contribution in [0.2, 0.25) is 25.7 Å². The van der Waals surface area contributed by atoms with Gasteiger partial charge < -0.3 is 5.73 Å². The fourth-order valence-electron chi connectivity index (χ4n) is 4.02. The highest BCUT2D eigenvalue weighted by Crippen LogP contribution is 2.41. The van der Waals surface area contributed by atoms with Gasteiger partial charge in [-0.25, -0.2) is 0 Å². The van der Waals surface area contributed by atoms with Crippen LogP contribution in [0.5, 0.6) is 0 Å². The Bertz CT molecular complexity index is 431. The SMILES string of the molecule is C[Si](C)(C)CCCCC(N)(c1ccccc1)C1CCCCC1. The summed E-state index contributed by atoms with van der Waals surface area (Å²) in [6.07, 6.45) is 10.6. The zero-order valence-corrected chi connectivity index (χ0v) is 15.9. The molecule has 124 valence electrons. The van der Waals surface area contributed by atoms with Gasteiger partial charge in [0.05, 0.1) is 0 Å². The molecule has 1 unspecified atom stereocenters. The summed E-state index contributed by atoms with van der Waals surface area (Å²) in [4.78, 5) is 0. The molecule has 1 aromatic carbocycles. The summed E-state index contributed by atoms with van der Waals surface area (Å²) in [5, 5.41) is 0. The monoisotopic (exact) mass is 317 g/mol. The van der Waals surface area contributed by atoms with Gasteiger partial charge in [-0.15, -0.1) is 0 Å². The van der Waals surface area contributed by atoms with Gasteiger partial charge in [-0.3, -0.25) is 0 Å². The summed E-state index contributed by atoms with van der Waals surface area (Å²) < 4.78 is 0. The predicted molar refractivity (Wildman–Crippen MR) is 101 cm³/mol. The van der Waals surface area contributed by atoms with Crippen molar-refractivity contribution in [3.05, 3.63) is 35.9 Å². The van der Waals surface area contributed by atoms with Gasteiger partial charge in [0.2, 0.25) is 0 Å². The van der Waals surface area contributed by atoms with Crippen molar-refractivity contribution in [1.82, 2.24) is 0 Å². The standard InChI is InChI=1S/C20H35NSi/c1-22(2,3)17-11-10-16-20(21,18-12-6-4-7-13-18)19-14-8-5-9-15-19/h4,6-7,12-13,19H,5,8-11,14-17,21H2,1-3H3. The zero-order chi connectivity index (χ0) is 16.1. The minimum atomic E-state index is -0.913. The number of nitrogens with two attached hydrogens (primary N) is 1. The second-order valence-corrected chi connectivity index (χ2v) is 14.1. The zero-order valence-electron chi connectivity index (χ0n) is 14.9. The lowest BCUT2D eigenvalue weighted by atomic mass is 9.69. The summed E-state index contributed by atoms with van der Waals surface area (Å²) in [6.45, 7) is 7.42. The summed E-state index contributed by atoms with van der Waals surface area (Å²) in [7, 11) is -0.913. The van der Waals surface area contributed by atoms with Crippen LogP contribution >= 0.6 is 0 Å². The minimum Gasteiger partial charge on any atom is -0.321 e. The average molecular weight is 318 g/mol. The van der Waals surface area contributed by atoms with Crippen LogP contribution in [0.25, 0.3) is 0 Å². The van der Waals surface area contributed by atoms with E-state index < -0.39 is 8.07 Å². The smallest absolute Gasteiger partial charge is 0.0442 e. The van der Waals surface area contributed by atoms with Gasteiger partial charge in [-0.2, -0.15) is 0 Å². The molecule has 1 aliphatic rings. The van der Waals surface area contributed by atoms with E-state index in [1.165, 1.54) is 56.6 Å². The Hall–Kier alpha value is -0.603. The molecule has 22 heavy (non-hydrogen) atoms. The number of benzene rings is 1. The van der Waals surface area contributed by atoms with Crippen molar-refractivity contribution in [2.24, 2.45) is 11.7 Å². The lowest BCUT2D eigenvalue weighted by Gasteiger charge is -2.40. The topological polar surface area (TPSA) is 26.0 Å². The molecule has 2 N–H and O–H groups in total. The van der Waals surface area contributed by atoms with E-state index in [0.717, 1.165) is 6.42 Å². The molecule has 1 nitrogen and oxygen atoms in total. The van der Waals surface area contributed by atoms with Gasteiger partial charge in [0.25, 0.3) is 0 Å². The van der Waals surface area contributed by atoms with Crippen LogP contribution in [-0.2, 0) is 5.54 Å². The third kappa shape index (κ3) is 4.96. The van der Waals surface area contributed by atoms with Crippen molar-refractivity contribution in [3.63, 3.8) is 0 Å². The van der Waals surface area contributed by atoms with Crippen molar-refractivity contribution in [1.29, 1.82) is 0 Å². The largest absolute Gasteiger partial charge is 0.321 e. The van der Waals surface area contributed by atoms with Crippen LogP contribution in [0.4, 0.5) is 0 Å². The lowest BCUT2D eigenvalue weighted by molar-refractivity contribution is 0.190. The van der Waals surface area contributed by atoms with Crippen molar-refractivity contribution in [2.75, 3.05) is 0 Å². The highest BCUT2D eigenvalue weighted by Gasteiger charge is 2.36. The minimum absolute atomic E-state index is 0.0961. The molecule has 0 aromatic heterocycles. The Kier molecular flexibility index (Phi) is 6.28. The first kappa shape index (κ1) is 17.7. The first-order valence-corrected chi connectivity index (χ1v) is 13.0. The molecule has 2 heteroatoms. The molecule has 0 saturated heterocycles. The van der Waals surface area contributed by atoms with Gasteiger partial charge in [0.1, 0.15) is 0 Å². The molecule has 0 heterocycles. The number of hydrogen-bond acceptors (Lipinski definition) is 1. The van der Waals surface area contributed by atoms with Crippen molar-refractivity contribution >= 4 is 8.07 Å². The molecule has 1 aromatic rings. The number of hydrogen-bond donors (Lipinski definition) is 1. The van der Waals surface area contributed by atoms with E-state index in [9.17, 15) is 0 Å². The third-order valence-corrected chi connectivity index (χ3v) is 7.27. The molecule has 0 bridgehead atoms. The molecule has 0 radical (unpaired) electrons. The molecule has 1 saturated carbocycles. The maximum atomic E-state index is 7.06. The highest BCUT2D eigenvalue weighted by molar-refractivity contribution is 6.76. The molecule has 0 aliphatic heterocycles. The fraction of sp³-hybridized carbons (Fsp3) is 0.700. The maximum absolute atomic E-state index is 7.06. The van der Waals surface area contributed by atoms with E-state index in [2.05, 4.69) is 50.0 Å². The Morgan fingerprint density at radius 3 is 2.23 bits per heavy atom. The molecule has 2 rings (SSSR count). The summed E-state index contributed by atoms with van der Waals surface area (Å²) in [5.74, 6) is 0.676. The fourth-order valence-corrected chi connectivity index (χ4v) is 5.33. The molecule has 1 aliphatic carbocycles. The lowest BCUT2D eigenvalue weighted by Crippen LogP contribution is -2.45. The first-order valence-electron chi connectivity index (χ1n) is 9.26. The molecule has 0 spiro atoms. The normalized spacial score (nSPS) is 19.8. The Balaban J connectivity index is 2.05. The predicted octanol–water partition coefficient (Wildman–Crippen LogP) is 5.93. The molecule has 1 atom stereocenters. The third-order valence-electron chi connectivity index (χ3n) is 5.41. The van der Waals surface area contributed by atoms with Crippen LogP contribution in [-0.4, -0.2) is 8.07 Å². The second kappa shape index (κ2) is 7.78. The summed E-state index contributed by atoms with van der Waals surface area (Å²) in [6, 6.07) is 12.4. The Morgan fingerprint density at radius 1 is 1.00 bits per heavy atom. The Labute approximate surface area is 138 Å². The summed E-state index contributed by atoms with van der Waals surface area (Å²) >= 11 is 0. The molecule has 1 fully saturated rings. The molecular weight excluding hydrogens is 282 g/mol. The van der Waals surface area contributed by atoms with Gasteiger partial charge in [-0.05, 0) is 30.7 Å². The molecular formula is C20H35NSi. The van der Waals surface area contributed by atoms with E-state index in [0.29, 0.717) is 5.92 Å². The van der Waals surface area contributed by atoms with Crippen LogP contribution < -0.4 is 5.73 Å². The van der Waals surface area contributed by atoms with Crippen LogP contribution in [0.1, 0.15) is 56.9 Å². The van der Waals surface area contributed by atoms with E-state index in [4.69, 9.17) is 5.73 Å². The number of rotatable bonds is 7. The van der Waals surface area contributed by atoms with Gasteiger partial charge in [-0.1, -0.05) is 88.1 Å². The van der Waals surface area contributed by atoms with Crippen LogP contribution in [0.15, 0.2) is 30.3 Å². The van der Waals surface area contributed by atoms with E-state index in [1.807, 2.05) is 0 Å². The summed E-state index contributed by atoms with van der Waals surface area (Å²) in [5.41, 5.74) is 8.33. The quantitative estimate of drug-likeness (QED) is 0.489. The van der Waals surface area contributed by atoms with Gasteiger partial charge in [0.15, 0.2) is 0 Å². The van der Waals surface area contributed by atoms with E-state index in [-0.39, 0.29) is 5.54 Å². The van der Waals surface area contributed by atoms with E-state index in [1.54, 1.807) is 0 Å². The first-order chi connectivity index (χ1) is 10.4. The maximum Gasteiger partial charge on any atom is 0.0442 e.